The summed E-state index contributed by atoms with van der Waals surface area (Å²) >= 11 is 0. The number of hydrogen-bond donors (Lipinski definition) is 1. The number of aliphatic hydroxyl groups is 1. The van der Waals surface area contributed by atoms with Crippen LogP contribution >= 0.6 is 0 Å². The van der Waals surface area contributed by atoms with E-state index in [1.54, 1.807) is 0 Å². The minimum Gasteiger partial charge on any atom is -0.388 e. The van der Waals surface area contributed by atoms with Crippen molar-refractivity contribution in [1.29, 1.82) is 0 Å². The lowest BCUT2D eigenvalue weighted by Crippen LogP contribution is -2.01. The van der Waals surface area contributed by atoms with Gasteiger partial charge in [0.05, 0.1) is 6.10 Å². The van der Waals surface area contributed by atoms with E-state index < -0.39 is 0 Å². The Morgan fingerprint density at radius 2 is 1.62 bits per heavy atom. The Morgan fingerprint density at radius 3 is 2.19 bits per heavy atom. The van der Waals surface area contributed by atoms with Crippen LogP contribution in [0.2, 0.25) is 0 Å². The van der Waals surface area contributed by atoms with Gasteiger partial charge in [0.15, 0.2) is 0 Å². The van der Waals surface area contributed by atoms with Gasteiger partial charge in [0.2, 0.25) is 0 Å². The number of benzene rings is 1. The molecule has 1 aromatic rings. The fourth-order valence-electron chi connectivity index (χ4n) is 2.14. The van der Waals surface area contributed by atoms with E-state index in [0.717, 1.165) is 24.3 Å². The summed E-state index contributed by atoms with van der Waals surface area (Å²) in [6, 6.07) is 9.96. The van der Waals surface area contributed by atoms with Gasteiger partial charge >= 0.3 is 0 Å². The van der Waals surface area contributed by atoms with Gasteiger partial charge in [-0.25, -0.2) is 0 Å². The van der Waals surface area contributed by atoms with Crippen LogP contribution in [0.3, 0.4) is 0 Å². The average Bonchev–Trinajstić information content (AvgIpc) is 2.35. The molecule has 0 radical (unpaired) electrons. The fraction of sp³-hybridized carbons (Fsp3) is 0.600. The quantitative estimate of drug-likeness (QED) is 0.725. The maximum atomic E-state index is 9.98. The summed E-state index contributed by atoms with van der Waals surface area (Å²) in [6.45, 7) is 4.50. The largest absolute Gasteiger partial charge is 0.388 e. The number of aliphatic hydroxyl groups excluding tert-OH is 1. The van der Waals surface area contributed by atoms with E-state index in [2.05, 4.69) is 13.8 Å². The van der Waals surface area contributed by atoms with Gasteiger partial charge in [-0.15, -0.1) is 0 Å². The highest BCUT2D eigenvalue weighted by Gasteiger charge is 2.08. The first-order chi connectivity index (χ1) is 7.77. The Hall–Kier alpha value is -0.820. The molecule has 1 rings (SSSR count). The van der Waals surface area contributed by atoms with Crippen LogP contribution in [-0.4, -0.2) is 5.11 Å². The third-order valence-electron chi connectivity index (χ3n) is 3.43. The summed E-state index contributed by atoms with van der Waals surface area (Å²) in [5.41, 5.74) is 1.05. The molecule has 1 nitrogen and oxygen atoms in total. The third kappa shape index (κ3) is 4.36. The Morgan fingerprint density at radius 1 is 1.00 bits per heavy atom. The summed E-state index contributed by atoms with van der Waals surface area (Å²) in [4.78, 5) is 0. The lowest BCUT2D eigenvalue weighted by atomic mass is 9.94. The molecule has 0 aromatic heterocycles. The topological polar surface area (TPSA) is 20.2 Å². The van der Waals surface area contributed by atoms with Crippen molar-refractivity contribution in [3.63, 3.8) is 0 Å². The smallest absolute Gasteiger partial charge is 0.0790 e. The molecule has 0 aliphatic heterocycles. The maximum absolute atomic E-state index is 9.98. The first kappa shape index (κ1) is 13.2. The van der Waals surface area contributed by atoms with Gasteiger partial charge in [0, 0.05) is 0 Å². The first-order valence-electron chi connectivity index (χ1n) is 6.50. The molecule has 0 fully saturated rings. The SMILES string of the molecule is CCC(CC)CCCC(O)c1ccccc1. The van der Waals surface area contributed by atoms with Crippen LogP contribution in [0.4, 0.5) is 0 Å². The minimum atomic E-state index is -0.282. The predicted octanol–water partition coefficient (Wildman–Crippen LogP) is 4.33. The number of rotatable bonds is 7. The van der Waals surface area contributed by atoms with Crippen molar-refractivity contribution < 1.29 is 5.11 Å². The van der Waals surface area contributed by atoms with Crippen LogP contribution in [0.15, 0.2) is 30.3 Å². The third-order valence-corrected chi connectivity index (χ3v) is 3.43. The zero-order valence-electron chi connectivity index (χ0n) is 10.5. The van der Waals surface area contributed by atoms with E-state index in [4.69, 9.17) is 0 Å². The van der Waals surface area contributed by atoms with Gasteiger partial charge in [0.1, 0.15) is 0 Å². The van der Waals surface area contributed by atoms with E-state index in [9.17, 15) is 5.11 Å². The average molecular weight is 220 g/mol. The van der Waals surface area contributed by atoms with Crippen molar-refractivity contribution in [2.75, 3.05) is 0 Å². The Balaban J connectivity index is 2.28. The Bertz CT molecular complexity index is 264. The lowest BCUT2D eigenvalue weighted by Gasteiger charge is -2.14. The van der Waals surface area contributed by atoms with Gasteiger partial charge < -0.3 is 5.11 Å². The second-order valence-corrected chi connectivity index (χ2v) is 4.54. The van der Waals surface area contributed by atoms with Crippen molar-refractivity contribution in [2.24, 2.45) is 5.92 Å². The summed E-state index contributed by atoms with van der Waals surface area (Å²) in [5, 5.41) is 9.98. The molecule has 0 aliphatic carbocycles. The molecule has 0 spiro atoms. The lowest BCUT2D eigenvalue weighted by molar-refractivity contribution is 0.161. The molecular weight excluding hydrogens is 196 g/mol. The monoisotopic (exact) mass is 220 g/mol. The molecule has 0 saturated heterocycles. The van der Waals surface area contributed by atoms with Crippen LogP contribution in [0.1, 0.15) is 57.6 Å². The van der Waals surface area contributed by atoms with E-state index >= 15 is 0 Å². The highest BCUT2D eigenvalue weighted by molar-refractivity contribution is 5.16. The van der Waals surface area contributed by atoms with Crippen molar-refractivity contribution in [2.45, 2.75) is 52.1 Å². The molecule has 0 saturated carbocycles. The van der Waals surface area contributed by atoms with E-state index in [-0.39, 0.29) is 6.10 Å². The second kappa shape index (κ2) is 7.45. The normalized spacial score (nSPS) is 13.0. The molecule has 90 valence electrons. The molecule has 1 heteroatoms. The van der Waals surface area contributed by atoms with Gasteiger partial charge in [-0.05, 0) is 17.9 Å². The van der Waals surface area contributed by atoms with E-state index in [1.807, 2.05) is 30.3 Å². The molecule has 1 N–H and O–H groups in total. The predicted molar refractivity (Wildman–Crippen MR) is 69.3 cm³/mol. The van der Waals surface area contributed by atoms with Crippen molar-refractivity contribution in [3.8, 4) is 0 Å². The van der Waals surface area contributed by atoms with Crippen molar-refractivity contribution >= 4 is 0 Å². The molecule has 1 aromatic carbocycles. The number of hydrogen-bond acceptors (Lipinski definition) is 1. The molecule has 0 aliphatic rings. The summed E-state index contributed by atoms with van der Waals surface area (Å²) in [7, 11) is 0. The van der Waals surface area contributed by atoms with Crippen LogP contribution in [0, 0.1) is 5.92 Å². The molecule has 1 unspecified atom stereocenters. The first-order valence-corrected chi connectivity index (χ1v) is 6.50. The van der Waals surface area contributed by atoms with Crippen LogP contribution in [0.25, 0.3) is 0 Å². The molecule has 0 bridgehead atoms. The van der Waals surface area contributed by atoms with Crippen molar-refractivity contribution in [1.82, 2.24) is 0 Å². The van der Waals surface area contributed by atoms with Crippen LogP contribution < -0.4 is 0 Å². The molecular formula is C15H24O. The van der Waals surface area contributed by atoms with Crippen molar-refractivity contribution in [3.05, 3.63) is 35.9 Å². The maximum Gasteiger partial charge on any atom is 0.0790 e. The summed E-state index contributed by atoms with van der Waals surface area (Å²) in [6.07, 6.45) is 5.51. The highest BCUT2D eigenvalue weighted by atomic mass is 16.3. The summed E-state index contributed by atoms with van der Waals surface area (Å²) < 4.78 is 0. The van der Waals surface area contributed by atoms with Crippen LogP contribution in [0.5, 0.6) is 0 Å². The second-order valence-electron chi connectivity index (χ2n) is 4.54. The Kier molecular flexibility index (Phi) is 6.17. The van der Waals surface area contributed by atoms with E-state index in [1.165, 1.54) is 19.3 Å². The van der Waals surface area contributed by atoms with Gasteiger partial charge in [-0.1, -0.05) is 69.9 Å². The molecule has 1 atom stereocenters. The van der Waals surface area contributed by atoms with E-state index in [0.29, 0.717) is 0 Å². The van der Waals surface area contributed by atoms with Gasteiger partial charge in [-0.3, -0.25) is 0 Å². The minimum absolute atomic E-state index is 0.282. The molecule has 0 heterocycles. The zero-order valence-corrected chi connectivity index (χ0v) is 10.5. The highest BCUT2D eigenvalue weighted by Crippen LogP contribution is 2.22. The molecule has 0 amide bonds. The van der Waals surface area contributed by atoms with Gasteiger partial charge in [-0.2, -0.15) is 0 Å². The standard InChI is InChI=1S/C15H24O/c1-3-13(4-2)9-8-12-15(16)14-10-6-5-7-11-14/h5-7,10-11,13,15-16H,3-4,8-9,12H2,1-2H3. The van der Waals surface area contributed by atoms with Crippen LogP contribution in [-0.2, 0) is 0 Å². The zero-order chi connectivity index (χ0) is 11.8. The Labute approximate surface area is 99.5 Å². The molecule has 16 heavy (non-hydrogen) atoms. The fourth-order valence-corrected chi connectivity index (χ4v) is 2.14. The summed E-state index contributed by atoms with van der Waals surface area (Å²) in [5.74, 6) is 0.836. The van der Waals surface area contributed by atoms with Gasteiger partial charge in [0.25, 0.3) is 0 Å².